The van der Waals surface area contributed by atoms with Crippen molar-refractivity contribution in [1.29, 1.82) is 0 Å². The summed E-state index contributed by atoms with van der Waals surface area (Å²) in [7, 11) is 0. The number of ether oxygens (including phenoxy) is 2. The largest absolute Gasteiger partial charge is 0.347 e. The fourth-order valence-electron chi connectivity index (χ4n) is 2.48. The number of piperidine rings is 1. The van der Waals surface area contributed by atoms with E-state index in [1.54, 1.807) is 0 Å². The fourth-order valence-corrected chi connectivity index (χ4v) is 2.48. The molecule has 1 spiro atoms. The molecule has 1 atom stereocenters. The summed E-state index contributed by atoms with van der Waals surface area (Å²) in [5, 5.41) is 3.60. The molecule has 0 aromatic rings. The normalized spacial score (nSPS) is 31.0. The zero-order valence-electron chi connectivity index (χ0n) is 10.1. The molecule has 0 aromatic heterocycles. The smallest absolute Gasteiger partial charge is 0.171 e. The molecule has 88 valence electrons. The van der Waals surface area contributed by atoms with E-state index >= 15 is 0 Å². The van der Waals surface area contributed by atoms with E-state index in [4.69, 9.17) is 9.47 Å². The Hall–Kier alpha value is -0.120. The Morgan fingerprint density at radius 2 is 2.00 bits per heavy atom. The van der Waals surface area contributed by atoms with Crippen LogP contribution in [-0.2, 0) is 9.47 Å². The Morgan fingerprint density at radius 1 is 1.33 bits per heavy atom. The van der Waals surface area contributed by atoms with Gasteiger partial charge in [-0.1, -0.05) is 20.8 Å². The molecule has 1 N–H and O–H groups in total. The summed E-state index contributed by atoms with van der Waals surface area (Å²) in [4.78, 5) is 0. The molecule has 0 bridgehead atoms. The molecule has 3 nitrogen and oxygen atoms in total. The maximum absolute atomic E-state index is 5.79. The Kier molecular flexibility index (Phi) is 3.06. The molecular weight excluding hydrogens is 190 g/mol. The lowest BCUT2D eigenvalue weighted by atomic mass is 9.76. The van der Waals surface area contributed by atoms with Crippen LogP contribution in [0.25, 0.3) is 0 Å². The van der Waals surface area contributed by atoms with Crippen LogP contribution in [0.3, 0.4) is 0 Å². The van der Waals surface area contributed by atoms with Crippen LogP contribution in [-0.4, -0.2) is 31.6 Å². The summed E-state index contributed by atoms with van der Waals surface area (Å²) in [5.74, 6) is -0.262. The second-order valence-electron chi connectivity index (χ2n) is 5.41. The van der Waals surface area contributed by atoms with E-state index in [-0.39, 0.29) is 5.79 Å². The van der Waals surface area contributed by atoms with Crippen LogP contribution in [0.4, 0.5) is 0 Å². The van der Waals surface area contributed by atoms with Gasteiger partial charge in [-0.3, -0.25) is 0 Å². The van der Waals surface area contributed by atoms with Gasteiger partial charge in [0.1, 0.15) is 0 Å². The minimum absolute atomic E-state index is 0.262. The van der Waals surface area contributed by atoms with Gasteiger partial charge in [-0.15, -0.1) is 0 Å². The summed E-state index contributed by atoms with van der Waals surface area (Å²) in [6.45, 7) is 9.42. The van der Waals surface area contributed by atoms with E-state index in [0.29, 0.717) is 11.5 Å². The molecule has 2 saturated heterocycles. The van der Waals surface area contributed by atoms with Crippen molar-refractivity contribution in [3.8, 4) is 0 Å². The van der Waals surface area contributed by atoms with E-state index in [1.165, 1.54) is 6.42 Å². The molecule has 2 aliphatic rings. The summed E-state index contributed by atoms with van der Waals surface area (Å²) in [5.41, 5.74) is 0.322. The van der Waals surface area contributed by atoms with Crippen LogP contribution in [0.15, 0.2) is 0 Å². The predicted molar refractivity (Wildman–Crippen MR) is 59.7 cm³/mol. The molecule has 0 amide bonds. The van der Waals surface area contributed by atoms with Crippen LogP contribution in [0.5, 0.6) is 0 Å². The van der Waals surface area contributed by atoms with E-state index in [0.717, 1.165) is 32.6 Å². The van der Waals surface area contributed by atoms with Gasteiger partial charge in [0.2, 0.25) is 0 Å². The van der Waals surface area contributed by atoms with Crippen LogP contribution < -0.4 is 5.32 Å². The lowest BCUT2D eigenvalue weighted by molar-refractivity contribution is -0.186. The highest BCUT2D eigenvalue weighted by Gasteiger charge is 2.44. The first-order chi connectivity index (χ1) is 7.08. The Bertz CT molecular complexity index is 222. The molecule has 3 heteroatoms. The highest BCUT2D eigenvalue weighted by atomic mass is 16.7. The van der Waals surface area contributed by atoms with Gasteiger partial charge in [-0.2, -0.15) is 0 Å². The van der Waals surface area contributed by atoms with Gasteiger partial charge in [-0.05, 0) is 11.8 Å². The van der Waals surface area contributed by atoms with E-state index < -0.39 is 0 Å². The van der Waals surface area contributed by atoms with Gasteiger partial charge >= 0.3 is 0 Å². The second-order valence-corrected chi connectivity index (χ2v) is 5.41. The summed E-state index contributed by atoms with van der Waals surface area (Å²) in [6, 6.07) is 0.509. The standard InChI is InChI=1S/C12H23NO2/c1-4-11(2,3)10-9-12(5-6-13-10)14-7-8-15-12/h10,13H,4-9H2,1-3H3. The van der Waals surface area contributed by atoms with Crippen molar-refractivity contribution in [3.63, 3.8) is 0 Å². The summed E-state index contributed by atoms with van der Waals surface area (Å²) < 4.78 is 11.6. The van der Waals surface area contributed by atoms with Gasteiger partial charge in [0.05, 0.1) is 13.2 Å². The zero-order chi connectivity index (χ0) is 10.9. The highest BCUT2D eigenvalue weighted by molar-refractivity contribution is 4.93. The molecule has 0 aromatic carbocycles. The Labute approximate surface area is 92.5 Å². The molecule has 1 unspecified atom stereocenters. The lowest BCUT2D eigenvalue weighted by Crippen LogP contribution is -2.54. The fraction of sp³-hybridized carbons (Fsp3) is 1.00. The van der Waals surface area contributed by atoms with E-state index in [9.17, 15) is 0 Å². The Balaban J connectivity index is 2.03. The first kappa shape index (κ1) is 11.4. The maximum atomic E-state index is 5.79. The molecule has 15 heavy (non-hydrogen) atoms. The first-order valence-corrected chi connectivity index (χ1v) is 6.09. The number of hydrogen-bond donors (Lipinski definition) is 1. The van der Waals surface area contributed by atoms with Crippen LogP contribution in [0, 0.1) is 5.41 Å². The maximum Gasteiger partial charge on any atom is 0.171 e. The summed E-state index contributed by atoms with van der Waals surface area (Å²) >= 11 is 0. The highest BCUT2D eigenvalue weighted by Crippen LogP contribution is 2.38. The molecule has 2 fully saturated rings. The van der Waals surface area contributed by atoms with Gasteiger partial charge in [0.25, 0.3) is 0 Å². The van der Waals surface area contributed by atoms with Crippen molar-refractivity contribution in [2.75, 3.05) is 19.8 Å². The zero-order valence-corrected chi connectivity index (χ0v) is 10.1. The van der Waals surface area contributed by atoms with Crippen molar-refractivity contribution in [1.82, 2.24) is 5.32 Å². The lowest BCUT2D eigenvalue weighted by Gasteiger charge is -2.43. The van der Waals surface area contributed by atoms with Gasteiger partial charge < -0.3 is 14.8 Å². The van der Waals surface area contributed by atoms with Crippen molar-refractivity contribution < 1.29 is 9.47 Å². The van der Waals surface area contributed by atoms with E-state index in [1.807, 2.05) is 0 Å². The second kappa shape index (κ2) is 4.04. The molecule has 0 aliphatic carbocycles. The molecule has 0 radical (unpaired) electrons. The average Bonchev–Trinajstić information content (AvgIpc) is 2.66. The van der Waals surface area contributed by atoms with Crippen molar-refractivity contribution in [3.05, 3.63) is 0 Å². The van der Waals surface area contributed by atoms with Gasteiger partial charge in [0.15, 0.2) is 5.79 Å². The average molecular weight is 213 g/mol. The van der Waals surface area contributed by atoms with Crippen LogP contribution in [0.1, 0.15) is 40.0 Å². The van der Waals surface area contributed by atoms with Crippen molar-refractivity contribution >= 4 is 0 Å². The third kappa shape index (κ3) is 2.19. The predicted octanol–water partition coefficient (Wildman–Crippen LogP) is 1.92. The van der Waals surface area contributed by atoms with Crippen LogP contribution >= 0.6 is 0 Å². The topological polar surface area (TPSA) is 30.5 Å². The van der Waals surface area contributed by atoms with Gasteiger partial charge in [-0.25, -0.2) is 0 Å². The van der Waals surface area contributed by atoms with Crippen LogP contribution in [0.2, 0.25) is 0 Å². The minimum Gasteiger partial charge on any atom is -0.347 e. The Morgan fingerprint density at radius 3 is 2.60 bits per heavy atom. The first-order valence-electron chi connectivity index (χ1n) is 6.09. The minimum atomic E-state index is -0.262. The number of hydrogen-bond acceptors (Lipinski definition) is 3. The molecule has 0 saturated carbocycles. The molecule has 2 rings (SSSR count). The van der Waals surface area contributed by atoms with Crippen molar-refractivity contribution in [2.24, 2.45) is 5.41 Å². The van der Waals surface area contributed by atoms with Gasteiger partial charge in [0, 0.05) is 25.4 Å². The molecule has 2 heterocycles. The number of rotatable bonds is 2. The van der Waals surface area contributed by atoms with E-state index in [2.05, 4.69) is 26.1 Å². The number of nitrogens with one attached hydrogen (secondary N) is 1. The quantitative estimate of drug-likeness (QED) is 0.760. The monoisotopic (exact) mass is 213 g/mol. The SMILES string of the molecule is CCC(C)(C)C1CC2(CCN1)OCCO2. The van der Waals surface area contributed by atoms with Crippen molar-refractivity contribution in [2.45, 2.75) is 51.9 Å². The molecule has 2 aliphatic heterocycles. The molecular formula is C12H23NO2. The third-order valence-electron chi connectivity index (χ3n) is 4.08. The summed E-state index contributed by atoms with van der Waals surface area (Å²) in [6.07, 6.45) is 3.16. The third-order valence-corrected chi connectivity index (χ3v) is 4.08.